The summed E-state index contributed by atoms with van der Waals surface area (Å²) in [7, 11) is 0. The lowest BCUT2D eigenvalue weighted by molar-refractivity contribution is -0.128. The van der Waals surface area contributed by atoms with E-state index in [-0.39, 0.29) is 30.9 Å². The van der Waals surface area contributed by atoms with E-state index in [0.717, 1.165) is 25.7 Å². The topological polar surface area (TPSA) is 121 Å². The molecule has 1 aliphatic carbocycles. The van der Waals surface area contributed by atoms with E-state index in [9.17, 15) is 18.8 Å². The van der Waals surface area contributed by atoms with Gasteiger partial charge in [-0.05, 0) is 56.0 Å². The van der Waals surface area contributed by atoms with E-state index in [1.54, 1.807) is 24.4 Å². The Bertz CT molecular complexity index is 1010. The van der Waals surface area contributed by atoms with Crippen LogP contribution in [0.25, 0.3) is 0 Å². The number of nitrogens with one attached hydrogen (secondary N) is 2. The van der Waals surface area contributed by atoms with Gasteiger partial charge in [-0.2, -0.15) is 0 Å². The number of amides is 4. The molecule has 9 nitrogen and oxygen atoms in total. The number of carbonyl (C=O) groups is 3. The maximum Gasteiger partial charge on any atom is 0.323 e. The fraction of sp³-hybridized carbons (Fsp3) is 0.391. The third kappa shape index (κ3) is 5.28. The summed E-state index contributed by atoms with van der Waals surface area (Å²) < 4.78 is 13.5. The van der Waals surface area contributed by atoms with Crippen molar-refractivity contribution in [2.24, 2.45) is 5.73 Å². The molecular formula is C23H27FN6O3. The van der Waals surface area contributed by atoms with Gasteiger partial charge in [-0.1, -0.05) is 6.07 Å². The second-order valence-corrected chi connectivity index (χ2v) is 8.37. The lowest BCUT2D eigenvalue weighted by atomic mass is 9.92. The molecule has 0 radical (unpaired) electrons. The molecule has 2 aromatic rings. The Hall–Kier alpha value is -3.53. The van der Waals surface area contributed by atoms with Gasteiger partial charge in [-0.3, -0.25) is 19.5 Å². The Labute approximate surface area is 191 Å². The van der Waals surface area contributed by atoms with Crippen molar-refractivity contribution in [1.82, 2.24) is 20.1 Å². The van der Waals surface area contributed by atoms with Crippen LogP contribution in [0.5, 0.6) is 0 Å². The monoisotopic (exact) mass is 454 g/mol. The van der Waals surface area contributed by atoms with Gasteiger partial charge in [0.15, 0.2) is 6.17 Å². The summed E-state index contributed by atoms with van der Waals surface area (Å²) >= 11 is 0. The molecule has 0 spiro atoms. The smallest absolute Gasteiger partial charge is 0.323 e. The number of nitrogens with zero attached hydrogens (tertiary/aromatic N) is 3. The van der Waals surface area contributed by atoms with Gasteiger partial charge in [0.1, 0.15) is 5.82 Å². The van der Waals surface area contributed by atoms with Crippen molar-refractivity contribution in [3.8, 4) is 0 Å². The number of aromatic nitrogens is 1. The minimum absolute atomic E-state index is 0.0682. The zero-order valence-electron chi connectivity index (χ0n) is 18.1. The molecule has 33 heavy (non-hydrogen) atoms. The Morgan fingerprint density at radius 3 is 2.48 bits per heavy atom. The molecule has 2 heterocycles. The predicted molar refractivity (Wildman–Crippen MR) is 120 cm³/mol. The first kappa shape index (κ1) is 22.7. The normalized spacial score (nSPS) is 22.7. The van der Waals surface area contributed by atoms with Crippen LogP contribution in [-0.4, -0.2) is 64.0 Å². The molecule has 1 aliphatic heterocycles. The lowest BCUT2D eigenvalue weighted by Crippen LogP contribution is -2.56. The number of benzene rings is 1. The standard InChI is InChI=1S/C23H27FN6O3/c24-16-4-1-5-19(13-16)28-23(33)30-12-11-29(22(32)15-3-2-10-26-14-15)21(30)20(31)27-18-8-6-17(25)7-9-18/h1-5,10,13-14,17-18,21H,6-9,11-12,25H2,(H,27,31)(H,28,33). The van der Waals surface area contributed by atoms with Crippen molar-refractivity contribution in [1.29, 1.82) is 0 Å². The molecule has 1 saturated heterocycles. The number of rotatable bonds is 4. The van der Waals surface area contributed by atoms with E-state index in [2.05, 4.69) is 15.6 Å². The Morgan fingerprint density at radius 2 is 1.79 bits per heavy atom. The number of nitrogens with two attached hydrogens (primary N) is 1. The van der Waals surface area contributed by atoms with E-state index >= 15 is 0 Å². The molecule has 174 valence electrons. The number of carbonyl (C=O) groups excluding carboxylic acids is 3. The summed E-state index contributed by atoms with van der Waals surface area (Å²) in [6.07, 6.45) is 4.93. The van der Waals surface area contributed by atoms with Crippen molar-refractivity contribution >= 4 is 23.5 Å². The van der Waals surface area contributed by atoms with Crippen LogP contribution in [0, 0.1) is 5.82 Å². The number of urea groups is 1. The van der Waals surface area contributed by atoms with Crippen molar-refractivity contribution in [3.63, 3.8) is 0 Å². The Morgan fingerprint density at radius 1 is 1.03 bits per heavy atom. The third-order valence-corrected chi connectivity index (χ3v) is 6.03. The summed E-state index contributed by atoms with van der Waals surface area (Å²) in [4.78, 5) is 46.1. The first-order chi connectivity index (χ1) is 15.9. The third-order valence-electron chi connectivity index (χ3n) is 6.03. The van der Waals surface area contributed by atoms with E-state index in [4.69, 9.17) is 5.73 Å². The highest BCUT2D eigenvalue weighted by Crippen LogP contribution is 2.22. The molecule has 2 aliphatic rings. The second kappa shape index (κ2) is 9.95. The van der Waals surface area contributed by atoms with Gasteiger partial charge < -0.3 is 21.3 Å². The van der Waals surface area contributed by atoms with Crippen LogP contribution in [0.3, 0.4) is 0 Å². The highest BCUT2D eigenvalue weighted by Gasteiger charge is 2.43. The van der Waals surface area contributed by atoms with E-state index in [1.807, 2.05) is 0 Å². The lowest BCUT2D eigenvalue weighted by Gasteiger charge is -2.32. The van der Waals surface area contributed by atoms with Crippen LogP contribution < -0.4 is 16.4 Å². The summed E-state index contributed by atoms with van der Waals surface area (Å²) in [5.74, 6) is -1.32. The molecule has 1 atom stereocenters. The van der Waals surface area contributed by atoms with Gasteiger partial charge >= 0.3 is 6.03 Å². The summed E-state index contributed by atoms with van der Waals surface area (Å²) in [6, 6.07) is 8.21. The summed E-state index contributed by atoms with van der Waals surface area (Å²) in [6.45, 7) is 0.332. The molecule has 1 unspecified atom stereocenters. The van der Waals surface area contributed by atoms with Crippen LogP contribution >= 0.6 is 0 Å². The van der Waals surface area contributed by atoms with Crippen LogP contribution in [0.15, 0.2) is 48.8 Å². The number of anilines is 1. The van der Waals surface area contributed by atoms with Gasteiger partial charge in [0.2, 0.25) is 0 Å². The van der Waals surface area contributed by atoms with Crippen LogP contribution in [0.4, 0.5) is 14.9 Å². The quantitative estimate of drug-likeness (QED) is 0.652. The maximum absolute atomic E-state index is 13.5. The highest BCUT2D eigenvalue weighted by molar-refractivity contribution is 6.00. The fourth-order valence-corrected chi connectivity index (χ4v) is 4.29. The van der Waals surface area contributed by atoms with Gasteiger partial charge in [0.05, 0.1) is 5.56 Å². The number of halogens is 1. The zero-order valence-corrected chi connectivity index (χ0v) is 18.1. The summed E-state index contributed by atoms with van der Waals surface area (Å²) in [5, 5.41) is 5.61. The van der Waals surface area contributed by atoms with Crippen molar-refractivity contribution in [3.05, 3.63) is 60.2 Å². The summed E-state index contributed by atoms with van der Waals surface area (Å²) in [5.41, 5.74) is 6.55. The molecule has 1 aromatic heterocycles. The van der Waals surface area contributed by atoms with Crippen LogP contribution in [0.1, 0.15) is 36.0 Å². The minimum Gasteiger partial charge on any atom is -0.350 e. The van der Waals surface area contributed by atoms with Crippen molar-refractivity contribution < 1.29 is 18.8 Å². The van der Waals surface area contributed by atoms with E-state index in [1.165, 1.54) is 34.2 Å². The fourth-order valence-electron chi connectivity index (χ4n) is 4.29. The first-order valence-electron chi connectivity index (χ1n) is 11.0. The van der Waals surface area contributed by atoms with Gasteiger partial charge in [-0.25, -0.2) is 9.18 Å². The van der Waals surface area contributed by atoms with Crippen molar-refractivity contribution in [2.75, 3.05) is 18.4 Å². The van der Waals surface area contributed by atoms with Gasteiger partial charge in [0, 0.05) is 43.3 Å². The second-order valence-electron chi connectivity index (χ2n) is 8.37. The average molecular weight is 455 g/mol. The number of pyridine rings is 1. The molecule has 10 heteroatoms. The van der Waals surface area contributed by atoms with E-state index in [0.29, 0.717) is 5.56 Å². The Kier molecular flexibility index (Phi) is 6.83. The molecule has 4 N–H and O–H groups in total. The molecule has 2 fully saturated rings. The number of hydrogen-bond donors (Lipinski definition) is 3. The first-order valence-corrected chi connectivity index (χ1v) is 11.0. The molecule has 4 amide bonds. The van der Waals surface area contributed by atoms with Crippen LogP contribution in [-0.2, 0) is 4.79 Å². The SMILES string of the molecule is NC1CCC(NC(=O)C2N(C(=O)Nc3cccc(F)c3)CCN2C(=O)c2cccnc2)CC1. The minimum atomic E-state index is -1.14. The van der Waals surface area contributed by atoms with Gasteiger partial charge in [0.25, 0.3) is 11.8 Å². The zero-order chi connectivity index (χ0) is 23.4. The number of hydrogen-bond acceptors (Lipinski definition) is 5. The molecule has 0 bridgehead atoms. The molecule has 4 rings (SSSR count). The molecular weight excluding hydrogens is 427 g/mol. The van der Waals surface area contributed by atoms with Crippen LogP contribution in [0.2, 0.25) is 0 Å². The van der Waals surface area contributed by atoms with E-state index < -0.39 is 29.8 Å². The Balaban J connectivity index is 1.54. The molecule has 1 saturated carbocycles. The average Bonchev–Trinajstić information content (AvgIpc) is 3.26. The predicted octanol–water partition coefficient (Wildman–Crippen LogP) is 1.92. The van der Waals surface area contributed by atoms with Gasteiger partial charge in [-0.15, -0.1) is 0 Å². The highest BCUT2D eigenvalue weighted by atomic mass is 19.1. The molecule has 1 aromatic carbocycles. The van der Waals surface area contributed by atoms with Crippen molar-refractivity contribution in [2.45, 2.75) is 43.9 Å². The maximum atomic E-state index is 13.5. The largest absolute Gasteiger partial charge is 0.350 e.